The lowest BCUT2D eigenvalue weighted by Gasteiger charge is -2.14. The number of alkyl halides is 2. The van der Waals surface area contributed by atoms with Crippen molar-refractivity contribution in [1.29, 1.82) is 0 Å². The summed E-state index contributed by atoms with van der Waals surface area (Å²) in [6, 6.07) is 9.10. The molecule has 0 spiro atoms. The Hall–Kier alpha value is -2.19. The monoisotopic (exact) mass is 386 g/mol. The molecule has 5 nitrogen and oxygen atoms in total. The summed E-state index contributed by atoms with van der Waals surface area (Å²) in [4.78, 5) is 27.9. The zero-order chi connectivity index (χ0) is 18.4. The number of anilines is 1. The molecule has 1 aromatic heterocycles. The molecule has 0 radical (unpaired) electrons. The van der Waals surface area contributed by atoms with E-state index in [4.69, 9.17) is 16.3 Å². The van der Waals surface area contributed by atoms with Crippen molar-refractivity contribution in [3.63, 3.8) is 0 Å². The maximum absolute atomic E-state index is 12.5. The number of amides is 1. The van der Waals surface area contributed by atoms with Crippen molar-refractivity contribution in [3.05, 3.63) is 53.2 Å². The minimum atomic E-state index is -2.73. The standard InChI is InChI=1S/C16H13ClF2N2O3S/c1-9(13(22)21-11-6-4-10(17)5-7-11)24-15(23)12-3-2-8-20-14(12)25-16(18)19/h2-9,16H,1H3,(H,21,22)/t9-/m0/s1. The van der Waals surface area contributed by atoms with E-state index < -0.39 is 23.7 Å². The fraction of sp³-hybridized carbons (Fsp3) is 0.188. The third kappa shape index (κ3) is 5.68. The average molecular weight is 387 g/mol. The van der Waals surface area contributed by atoms with Gasteiger partial charge in [0.25, 0.3) is 11.7 Å². The number of carbonyl (C=O) groups is 2. The Labute approximate surface area is 151 Å². The van der Waals surface area contributed by atoms with Gasteiger partial charge in [0.05, 0.1) is 5.56 Å². The summed E-state index contributed by atoms with van der Waals surface area (Å²) in [7, 11) is 0. The molecule has 0 fully saturated rings. The number of rotatable bonds is 6. The van der Waals surface area contributed by atoms with Crippen LogP contribution in [0.1, 0.15) is 17.3 Å². The first-order valence-corrected chi connectivity index (χ1v) is 8.30. The van der Waals surface area contributed by atoms with Crippen molar-refractivity contribution in [2.75, 3.05) is 5.32 Å². The maximum Gasteiger partial charge on any atom is 0.341 e. The third-order valence-corrected chi connectivity index (χ3v) is 3.94. The summed E-state index contributed by atoms with van der Waals surface area (Å²) in [6.45, 7) is 1.37. The van der Waals surface area contributed by atoms with Crippen LogP contribution >= 0.6 is 23.4 Å². The first kappa shape index (κ1) is 19.1. The fourth-order valence-corrected chi connectivity index (χ4v) is 2.47. The van der Waals surface area contributed by atoms with Crippen LogP contribution in [0.5, 0.6) is 0 Å². The quantitative estimate of drug-likeness (QED) is 0.594. The second-order valence-corrected chi connectivity index (χ2v) is 6.19. The van der Waals surface area contributed by atoms with E-state index in [1.807, 2.05) is 0 Å². The van der Waals surface area contributed by atoms with Crippen molar-refractivity contribution < 1.29 is 23.1 Å². The second kappa shape index (κ2) is 8.77. The lowest BCUT2D eigenvalue weighted by atomic mass is 10.2. The van der Waals surface area contributed by atoms with Crippen LogP contribution < -0.4 is 5.32 Å². The number of esters is 1. The highest BCUT2D eigenvalue weighted by atomic mass is 35.5. The molecule has 2 aromatic rings. The third-order valence-electron chi connectivity index (χ3n) is 2.96. The predicted octanol–water partition coefficient (Wildman–Crippen LogP) is 4.23. The molecule has 0 saturated heterocycles. The molecular formula is C16H13ClF2N2O3S. The number of hydrogen-bond donors (Lipinski definition) is 1. The van der Waals surface area contributed by atoms with Gasteiger partial charge in [0, 0.05) is 16.9 Å². The van der Waals surface area contributed by atoms with Crippen LogP contribution in [-0.2, 0) is 9.53 Å². The first-order chi connectivity index (χ1) is 11.9. The van der Waals surface area contributed by atoms with Crippen molar-refractivity contribution in [2.24, 2.45) is 0 Å². The number of hydrogen-bond acceptors (Lipinski definition) is 5. The highest BCUT2D eigenvalue weighted by Crippen LogP contribution is 2.27. The highest BCUT2D eigenvalue weighted by Gasteiger charge is 2.23. The smallest absolute Gasteiger partial charge is 0.341 e. The van der Waals surface area contributed by atoms with Gasteiger partial charge in [-0.05, 0) is 55.1 Å². The van der Waals surface area contributed by atoms with Gasteiger partial charge in [-0.1, -0.05) is 11.6 Å². The molecule has 0 aliphatic rings. The minimum Gasteiger partial charge on any atom is -0.449 e. The summed E-state index contributed by atoms with van der Waals surface area (Å²) >= 11 is 5.89. The molecule has 0 aliphatic heterocycles. The van der Waals surface area contributed by atoms with Crippen LogP contribution in [0.3, 0.4) is 0 Å². The first-order valence-electron chi connectivity index (χ1n) is 7.04. The van der Waals surface area contributed by atoms with Gasteiger partial charge >= 0.3 is 5.97 Å². The summed E-state index contributed by atoms with van der Waals surface area (Å²) in [5.41, 5.74) is 0.353. The normalized spacial score (nSPS) is 11.9. The molecule has 1 aromatic carbocycles. The van der Waals surface area contributed by atoms with E-state index >= 15 is 0 Å². The molecule has 1 heterocycles. The lowest BCUT2D eigenvalue weighted by Crippen LogP contribution is -2.30. The molecule has 25 heavy (non-hydrogen) atoms. The Morgan fingerprint density at radius 3 is 2.56 bits per heavy atom. The van der Waals surface area contributed by atoms with Crippen LogP contribution in [0.4, 0.5) is 14.5 Å². The number of aromatic nitrogens is 1. The number of halogens is 3. The zero-order valence-corrected chi connectivity index (χ0v) is 14.5. The maximum atomic E-state index is 12.5. The van der Waals surface area contributed by atoms with E-state index in [2.05, 4.69) is 10.3 Å². The van der Waals surface area contributed by atoms with Crippen molar-refractivity contribution in [2.45, 2.75) is 23.8 Å². The number of carbonyl (C=O) groups excluding carboxylic acids is 2. The largest absolute Gasteiger partial charge is 0.449 e. The summed E-state index contributed by atoms with van der Waals surface area (Å²) in [5.74, 6) is -4.20. The van der Waals surface area contributed by atoms with Gasteiger partial charge < -0.3 is 10.1 Å². The van der Waals surface area contributed by atoms with Gasteiger partial charge in [0.2, 0.25) is 0 Å². The molecular weight excluding hydrogens is 374 g/mol. The van der Waals surface area contributed by atoms with Gasteiger partial charge in [-0.2, -0.15) is 8.78 Å². The Morgan fingerprint density at radius 2 is 1.92 bits per heavy atom. The molecule has 2 rings (SSSR count). The molecule has 0 saturated carbocycles. The van der Waals surface area contributed by atoms with E-state index in [1.165, 1.54) is 25.3 Å². The molecule has 1 N–H and O–H groups in total. The molecule has 0 bridgehead atoms. The van der Waals surface area contributed by atoms with Gasteiger partial charge in [0.1, 0.15) is 5.03 Å². The van der Waals surface area contributed by atoms with E-state index in [9.17, 15) is 18.4 Å². The van der Waals surface area contributed by atoms with Gasteiger partial charge in [-0.15, -0.1) is 0 Å². The Kier molecular flexibility index (Phi) is 6.72. The number of nitrogens with one attached hydrogen (secondary N) is 1. The number of pyridine rings is 1. The second-order valence-electron chi connectivity index (χ2n) is 4.78. The van der Waals surface area contributed by atoms with Crippen LogP contribution in [0.2, 0.25) is 5.02 Å². The fourth-order valence-electron chi connectivity index (χ4n) is 1.78. The SMILES string of the molecule is C[C@H](OC(=O)c1cccnc1SC(F)F)C(=O)Nc1ccc(Cl)cc1. The number of thioether (sulfide) groups is 1. The number of ether oxygens (including phenoxy) is 1. The summed E-state index contributed by atoms with van der Waals surface area (Å²) < 4.78 is 30.1. The molecule has 1 atom stereocenters. The van der Waals surface area contributed by atoms with E-state index in [0.717, 1.165) is 0 Å². The van der Waals surface area contributed by atoms with Crippen molar-refractivity contribution in [1.82, 2.24) is 4.98 Å². The molecule has 1 amide bonds. The topological polar surface area (TPSA) is 68.3 Å². The summed E-state index contributed by atoms with van der Waals surface area (Å²) in [6.07, 6.45) is 0.158. The van der Waals surface area contributed by atoms with E-state index in [1.54, 1.807) is 24.3 Å². The van der Waals surface area contributed by atoms with Crippen LogP contribution in [-0.4, -0.2) is 28.7 Å². The van der Waals surface area contributed by atoms with Crippen molar-refractivity contribution in [3.8, 4) is 0 Å². The minimum absolute atomic E-state index is 0.126. The molecule has 9 heteroatoms. The van der Waals surface area contributed by atoms with Gasteiger partial charge in [0.15, 0.2) is 6.10 Å². The van der Waals surface area contributed by atoms with Crippen molar-refractivity contribution >= 4 is 40.9 Å². The van der Waals surface area contributed by atoms with E-state index in [0.29, 0.717) is 10.7 Å². The highest BCUT2D eigenvalue weighted by molar-refractivity contribution is 7.99. The number of nitrogens with zero attached hydrogens (tertiary/aromatic N) is 1. The van der Waals surface area contributed by atoms with E-state index in [-0.39, 0.29) is 22.4 Å². The Balaban J connectivity index is 2.02. The average Bonchev–Trinajstić information content (AvgIpc) is 2.56. The van der Waals surface area contributed by atoms with Gasteiger partial charge in [-0.25, -0.2) is 9.78 Å². The van der Waals surface area contributed by atoms with Crippen LogP contribution in [0, 0.1) is 0 Å². The lowest BCUT2D eigenvalue weighted by molar-refractivity contribution is -0.123. The zero-order valence-electron chi connectivity index (χ0n) is 12.9. The predicted molar refractivity (Wildman–Crippen MR) is 91.1 cm³/mol. The Bertz CT molecular complexity index is 759. The molecule has 0 aliphatic carbocycles. The summed E-state index contributed by atoms with van der Waals surface area (Å²) in [5, 5.41) is 2.91. The molecule has 132 valence electrons. The molecule has 0 unspecified atom stereocenters. The van der Waals surface area contributed by atoms with Crippen LogP contribution in [0.25, 0.3) is 0 Å². The number of benzene rings is 1. The Morgan fingerprint density at radius 1 is 1.24 bits per heavy atom. The van der Waals surface area contributed by atoms with Gasteiger partial charge in [-0.3, -0.25) is 4.79 Å². The van der Waals surface area contributed by atoms with Crippen LogP contribution in [0.15, 0.2) is 47.6 Å².